The lowest BCUT2D eigenvalue weighted by Crippen LogP contribution is -2.23. The van der Waals surface area contributed by atoms with Crippen molar-refractivity contribution >= 4 is 34.1 Å². The van der Waals surface area contributed by atoms with Crippen LogP contribution in [-0.4, -0.2) is 38.4 Å². The Hall–Kier alpha value is -2.16. The monoisotopic (exact) mass is 442 g/mol. The third-order valence-electron chi connectivity index (χ3n) is 5.29. The van der Waals surface area contributed by atoms with Crippen molar-refractivity contribution in [2.45, 2.75) is 56.7 Å². The van der Waals surface area contributed by atoms with Crippen molar-refractivity contribution in [1.29, 1.82) is 0 Å². The molecule has 158 valence electrons. The van der Waals surface area contributed by atoms with Crippen molar-refractivity contribution < 1.29 is 9.53 Å². The highest BCUT2D eigenvalue weighted by atomic mass is 32.2. The van der Waals surface area contributed by atoms with Crippen LogP contribution in [0.15, 0.2) is 40.9 Å². The van der Waals surface area contributed by atoms with Gasteiger partial charge in [0.2, 0.25) is 5.91 Å². The first-order chi connectivity index (χ1) is 14.5. The molecular weight excluding hydrogens is 416 g/mol. The minimum absolute atomic E-state index is 0.0732. The first-order valence-corrected chi connectivity index (χ1v) is 11.9. The summed E-state index contributed by atoms with van der Waals surface area (Å²) in [4.78, 5) is 22.0. The molecule has 8 heteroatoms. The summed E-state index contributed by atoms with van der Waals surface area (Å²) in [7, 11) is 0. The minimum Gasteiger partial charge on any atom is -0.376 e. The normalized spacial score (nSPS) is 17.2. The van der Waals surface area contributed by atoms with Crippen LogP contribution >= 0.6 is 23.1 Å². The second kappa shape index (κ2) is 9.32. The lowest BCUT2D eigenvalue weighted by atomic mass is 10.2. The number of nitrogens with zero attached hydrogens (tertiary/aromatic N) is 3. The first kappa shape index (κ1) is 21.1. The van der Waals surface area contributed by atoms with E-state index >= 15 is 0 Å². The molecule has 1 N–H and O–H groups in total. The van der Waals surface area contributed by atoms with Crippen LogP contribution in [0.25, 0.3) is 11.3 Å². The molecule has 0 saturated carbocycles. The van der Waals surface area contributed by atoms with Crippen molar-refractivity contribution in [3.05, 3.63) is 47.1 Å². The quantitative estimate of drug-likeness (QED) is 0.526. The van der Waals surface area contributed by atoms with Crippen LogP contribution in [0.4, 0.5) is 5.13 Å². The van der Waals surface area contributed by atoms with Crippen LogP contribution in [0.5, 0.6) is 0 Å². The molecule has 6 nitrogen and oxygen atoms in total. The molecule has 1 aliphatic rings. The fourth-order valence-corrected chi connectivity index (χ4v) is 5.14. The van der Waals surface area contributed by atoms with Gasteiger partial charge < -0.3 is 14.6 Å². The van der Waals surface area contributed by atoms with Gasteiger partial charge in [0.05, 0.1) is 29.3 Å². The third-order valence-corrected chi connectivity index (χ3v) is 7.14. The molecule has 0 radical (unpaired) electrons. The predicted octanol–water partition coefficient (Wildman–Crippen LogP) is 4.92. The number of nitrogens with one attached hydrogen (secondary N) is 1. The number of thioether (sulfide) groups is 1. The zero-order chi connectivity index (χ0) is 21.1. The Bertz CT molecular complexity index is 1010. The fraction of sp³-hybridized carbons (Fsp3) is 0.409. The van der Waals surface area contributed by atoms with Gasteiger partial charge in [0, 0.05) is 23.2 Å². The molecular formula is C22H26N4O2S2. The maximum Gasteiger partial charge on any atom is 0.239 e. The number of carbonyl (C=O) groups excluding carboxylic acids is 1. The van der Waals surface area contributed by atoms with Crippen molar-refractivity contribution in [3.63, 3.8) is 0 Å². The largest absolute Gasteiger partial charge is 0.376 e. The van der Waals surface area contributed by atoms with Crippen molar-refractivity contribution in [3.8, 4) is 11.3 Å². The zero-order valence-corrected chi connectivity index (χ0v) is 19.1. The minimum atomic E-state index is -0.293. The van der Waals surface area contributed by atoms with E-state index in [1.165, 1.54) is 23.1 Å². The molecule has 1 fully saturated rings. The summed E-state index contributed by atoms with van der Waals surface area (Å²) >= 11 is 2.92. The molecule has 0 bridgehead atoms. The van der Waals surface area contributed by atoms with E-state index < -0.39 is 0 Å². The fourth-order valence-electron chi connectivity index (χ4n) is 3.41. The number of hydrogen-bond acceptors (Lipinski definition) is 6. The van der Waals surface area contributed by atoms with E-state index in [2.05, 4.69) is 21.8 Å². The second-order valence-corrected chi connectivity index (χ2v) is 9.63. The maximum atomic E-state index is 12.8. The van der Waals surface area contributed by atoms with E-state index in [1.54, 1.807) is 0 Å². The number of thiazole rings is 1. The Balaban J connectivity index is 1.41. The number of ether oxygens (including phenoxy) is 1. The van der Waals surface area contributed by atoms with Gasteiger partial charge in [0.1, 0.15) is 0 Å². The lowest BCUT2D eigenvalue weighted by molar-refractivity contribution is -0.115. The molecule has 3 aromatic rings. The summed E-state index contributed by atoms with van der Waals surface area (Å²) in [6.45, 7) is 7.61. The molecule has 1 amide bonds. The highest BCUT2D eigenvalue weighted by Crippen LogP contribution is 2.29. The van der Waals surface area contributed by atoms with Gasteiger partial charge in [-0.1, -0.05) is 42.1 Å². The smallest absolute Gasteiger partial charge is 0.239 e. The number of aryl methyl sites for hydroxylation is 1. The van der Waals surface area contributed by atoms with Gasteiger partial charge in [-0.05, 0) is 33.6 Å². The molecule has 2 aromatic heterocycles. The van der Waals surface area contributed by atoms with E-state index in [1.807, 2.05) is 49.6 Å². The van der Waals surface area contributed by atoms with Crippen LogP contribution in [-0.2, 0) is 16.1 Å². The number of benzene rings is 1. The van der Waals surface area contributed by atoms with E-state index in [9.17, 15) is 4.79 Å². The molecule has 0 aliphatic carbocycles. The number of anilines is 1. The first-order valence-electron chi connectivity index (χ1n) is 10.1. The van der Waals surface area contributed by atoms with Gasteiger partial charge in [-0.15, -0.1) is 11.3 Å². The average Bonchev–Trinajstić information content (AvgIpc) is 3.48. The third kappa shape index (κ3) is 4.77. The highest BCUT2D eigenvalue weighted by Gasteiger charge is 2.24. The van der Waals surface area contributed by atoms with Gasteiger partial charge in [0.15, 0.2) is 10.3 Å². The second-order valence-electron chi connectivity index (χ2n) is 7.46. The number of aromatic nitrogens is 3. The Morgan fingerprint density at radius 1 is 1.33 bits per heavy atom. The van der Waals surface area contributed by atoms with Crippen LogP contribution in [0, 0.1) is 13.8 Å². The molecule has 3 heterocycles. The molecule has 0 unspecified atom stereocenters. The molecule has 0 spiro atoms. The Morgan fingerprint density at radius 3 is 2.87 bits per heavy atom. The van der Waals surface area contributed by atoms with E-state index in [0.717, 1.165) is 53.8 Å². The van der Waals surface area contributed by atoms with Crippen LogP contribution < -0.4 is 5.32 Å². The van der Waals surface area contributed by atoms with E-state index in [0.29, 0.717) is 5.13 Å². The summed E-state index contributed by atoms with van der Waals surface area (Å²) in [6, 6.07) is 9.96. The highest BCUT2D eigenvalue weighted by molar-refractivity contribution is 8.00. The molecule has 1 saturated heterocycles. The van der Waals surface area contributed by atoms with Gasteiger partial charge in [-0.2, -0.15) is 0 Å². The SMILES string of the molecule is Cc1nc(S[C@H](C)C(=O)Nc2nc(-c3ccccc3)cs2)n(C[C@@H]2CCCO2)c1C. The van der Waals surface area contributed by atoms with Gasteiger partial charge >= 0.3 is 0 Å². The Labute approximate surface area is 185 Å². The van der Waals surface area contributed by atoms with Crippen molar-refractivity contribution in [2.24, 2.45) is 0 Å². The number of amides is 1. The van der Waals surface area contributed by atoms with E-state index in [4.69, 9.17) is 9.72 Å². The predicted molar refractivity (Wildman–Crippen MR) is 122 cm³/mol. The van der Waals surface area contributed by atoms with E-state index in [-0.39, 0.29) is 17.3 Å². The standard InChI is InChI=1S/C22H26N4O2S2/c1-14-15(2)26(12-18-10-7-11-28-18)22(23-14)30-16(3)20(27)25-21-24-19(13-29-21)17-8-5-4-6-9-17/h4-6,8-9,13,16,18H,7,10-12H2,1-3H3,(H,24,25,27)/t16-,18+/m1/s1. The molecule has 30 heavy (non-hydrogen) atoms. The van der Waals surface area contributed by atoms with Gasteiger partial charge in [-0.3, -0.25) is 4.79 Å². The van der Waals surface area contributed by atoms with Crippen molar-refractivity contribution in [2.75, 3.05) is 11.9 Å². The number of hydrogen-bond donors (Lipinski definition) is 1. The summed E-state index contributed by atoms with van der Waals surface area (Å²) in [6.07, 6.45) is 2.41. The summed E-state index contributed by atoms with van der Waals surface area (Å²) < 4.78 is 7.99. The molecule has 1 aromatic carbocycles. The number of imidazole rings is 1. The van der Waals surface area contributed by atoms with Crippen LogP contribution in [0.3, 0.4) is 0 Å². The number of rotatable bonds is 7. The zero-order valence-electron chi connectivity index (χ0n) is 17.4. The molecule has 4 rings (SSSR count). The Morgan fingerprint density at radius 2 is 2.13 bits per heavy atom. The summed E-state index contributed by atoms with van der Waals surface area (Å²) in [5, 5.41) is 6.10. The summed E-state index contributed by atoms with van der Waals surface area (Å²) in [5.41, 5.74) is 4.04. The number of carbonyl (C=O) groups is 1. The maximum absolute atomic E-state index is 12.8. The lowest BCUT2D eigenvalue weighted by Gasteiger charge is -2.16. The Kier molecular flexibility index (Phi) is 6.55. The van der Waals surface area contributed by atoms with Crippen LogP contribution in [0.2, 0.25) is 0 Å². The average molecular weight is 443 g/mol. The topological polar surface area (TPSA) is 69.0 Å². The van der Waals surface area contributed by atoms with Crippen LogP contribution in [0.1, 0.15) is 31.2 Å². The summed E-state index contributed by atoms with van der Waals surface area (Å²) in [5.74, 6) is -0.0732. The molecule has 2 atom stereocenters. The molecule has 1 aliphatic heterocycles. The van der Waals surface area contributed by atoms with Gasteiger partial charge in [-0.25, -0.2) is 9.97 Å². The van der Waals surface area contributed by atoms with Gasteiger partial charge in [0.25, 0.3) is 0 Å². The van der Waals surface area contributed by atoms with Crippen molar-refractivity contribution in [1.82, 2.24) is 14.5 Å².